The molecule has 2 aromatic carbocycles. The van der Waals surface area contributed by atoms with E-state index in [9.17, 15) is 15.3 Å². The number of methoxy groups -OCH3 is 2. The lowest BCUT2D eigenvalue weighted by atomic mass is 10.0. The Morgan fingerprint density at radius 3 is 2.05 bits per heavy atom. The van der Waals surface area contributed by atoms with Gasteiger partial charge in [-0.15, -0.1) is 0 Å². The molecule has 0 heterocycles. The fraction of sp³-hybridized carbons (Fsp3) is 0.250. The van der Waals surface area contributed by atoms with Crippen LogP contribution < -0.4 is 9.47 Å². The van der Waals surface area contributed by atoms with Crippen LogP contribution in [0.5, 0.6) is 28.7 Å². The number of hydrogen-bond acceptors (Lipinski definition) is 5. The molecule has 5 heteroatoms. The maximum atomic E-state index is 9.90. The van der Waals surface area contributed by atoms with Crippen molar-refractivity contribution in [3.63, 3.8) is 0 Å². The molecule has 0 saturated heterocycles. The maximum Gasteiger partial charge on any atom is 0.203 e. The largest absolute Gasteiger partial charge is 0.504 e. The fourth-order valence-electron chi connectivity index (χ4n) is 2.16. The molecule has 0 spiro atoms. The summed E-state index contributed by atoms with van der Waals surface area (Å²) in [4.78, 5) is 0. The lowest BCUT2D eigenvalue weighted by Gasteiger charge is -2.12. The van der Waals surface area contributed by atoms with E-state index in [0.29, 0.717) is 24.3 Å². The third-order valence-electron chi connectivity index (χ3n) is 3.26. The Labute approximate surface area is 123 Å². The summed E-state index contributed by atoms with van der Waals surface area (Å²) in [6, 6.07) is 8.16. The summed E-state index contributed by atoms with van der Waals surface area (Å²) < 4.78 is 10.3. The van der Waals surface area contributed by atoms with E-state index in [-0.39, 0.29) is 17.2 Å². The molecule has 5 nitrogen and oxygen atoms in total. The Balaban J connectivity index is 2.16. The number of phenols is 3. The van der Waals surface area contributed by atoms with E-state index in [4.69, 9.17) is 9.47 Å². The Bertz CT molecular complexity index is 637. The van der Waals surface area contributed by atoms with Crippen LogP contribution in [0.3, 0.4) is 0 Å². The highest BCUT2D eigenvalue weighted by molar-refractivity contribution is 5.53. The van der Waals surface area contributed by atoms with Crippen molar-refractivity contribution >= 4 is 0 Å². The molecule has 0 aromatic heterocycles. The molecule has 0 aliphatic rings. The van der Waals surface area contributed by atoms with Gasteiger partial charge < -0.3 is 24.8 Å². The average Bonchev–Trinajstić information content (AvgIpc) is 2.47. The van der Waals surface area contributed by atoms with Crippen LogP contribution in [0.1, 0.15) is 11.1 Å². The molecule has 0 fully saturated rings. The highest BCUT2D eigenvalue weighted by Gasteiger charge is 2.11. The summed E-state index contributed by atoms with van der Waals surface area (Å²) in [5, 5.41) is 28.6. The van der Waals surface area contributed by atoms with Crippen molar-refractivity contribution in [2.24, 2.45) is 0 Å². The van der Waals surface area contributed by atoms with Crippen LogP contribution in [0.25, 0.3) is 0 Å². The summed E-state index contributed by atoms with van der Waals surface area (Å²) in [5.74, 6) is 0.537. The fourth-order valence-corrected chi connectivity index (χ4v) is 2.16. The van der Waals surface area contributed by atoms with Crippen molar-refractivity contribution in [3.8, 4) is 28.7 Å². The quantitative estimate of drug-likeness (QED) is 0.738. The second-order valence-electron chi connectivity index (χ2n) is 4.67. The Morgan fingerprint density at radius 1 is 0.762 bits per heavy atom. The Morgan fingerprint density at radius 2 is 1.43 bits per heavy atom. The first-order valence-electron chi connectivity index (χ1n) is 6.50. The molecule has 2 aromatic rings. The second kappa shape index (κ2) is 6.26. The highest BCUT2D eigenvalue weighted by Crippen LogP contribution is 2.37. The molecule has 0 bridgehead atoms. The molecule has 0 aliphatic heterocycles. The van der Waals surface area contributed by atoms with Gasteiger partial charge in [-0.1, -0.05) is 6.07 Å². The van der Waals surface area contributed by atoms with Crippen LogP contribution in [0.15, 0.2) is 30.3 Å². The number of aryl methyl sites for hydroxylation is 2. The molecule has 0 unspecified atom stereocenters. The molecule has 0 atom stereocenters. The average molecular weight is 290 g/mol. The van der Waals surface area contributed by atoms with Crippen LogP contribution in [0, 0.1) is 0 Å². The van der Waals surface area contributed by atoms with Crippen LogP contribution >= 0.6 is 0 Å². The van der Waals surface area contributed by atoms with E-state index < -0.39 is 0 Å². The van der Waals surface area contributed by atoms with Gasteiger partial charge in [0.1, 0.15) is 0 Å². The van der Waals surface area contributed by atoms with E-state index in [0.717, 1.165) is 11.1 Å². The van der Waals surface area contributed by atoms with Crippen molar-refractivity contribution in [3.05, 3.63) is 41.5 Å². The van der Waals surface area contributed by atoms with Crippen molar-refractivity contribution < 1.29 is 24.8 Å². The van der Waals surface area contributed by atoms with Gasteiger partial charge in [0.2, 0.25) is 5.75 Å². The summed E-state index contributed by atoms with van der Waals surface area (Å²) in [6.07, 6.45) is 1.31. The van der Waals surface area contributed by atoms with E-state index in [1.807, 2.05) is 0 Å². The molecule has 0 saturated carbocycles. The molecule has 21 heavy (non-hydrogen) atoms. The zero-order valence-electron chi connectivity index (χ0n) is 12.0. The maximum absolute atomic E-state index is 9.90. The van der Waals surface area contributed by atoms with Gasteiger partial charge in [0.05, 0.1) is 14.2 Å². The van der Waals surface area contributed by atoms with E-state index in [2.05, 4.69) is 0 Å². The molecule has 3 N–H and O–H groups in total. The minimum atomic E-state index is -0.137. The minimum absolute atomic E-state index is 0.0282. The standard InChI is InChI=1S/C16H18O5/c1-20-15-9-11(8-14(19)16(15)21-2)4-3-10-5-6-12(17)13(18)7-10/h5-9,17-19H,3-4H2,1-2H3. The lowest BCUT2D eigenvalue weighted by molar-refractivity contribution is 0.332. The van der Waals surface area contributed by atoms with Crippen LogP contribution in [0.2, 0.25) is 0 Å². The number of phenolic OH excluding ortho intramolecular Hbond substituents is 3. The minimum Gasteiger partial charge on any atom is -0.504 e. The van der Waals surface area contributed by atoms with Crippen molar-refractivity contribution in [2.45, 2.75) is 12.8 Å². The first kappa shape index (κ1) is 14.8. The summed E-state index contributed by atoms with van der Waals surface area (Å²) in [5.41, 5.74) is 1.78. The predicted octanol–water partition coefficient (Wildman–Crippen LogP) is 2.61. The molecule has 112 valence electrons. The highest BCUT2D eigenvalue weighted by atomic mass is 16.5. The Hall–Kier alpha value is -2.56. The summed E-state index contributed by atoms with van der Waals surface area (Å²) in [6.45, 7) is 0. The molecule has 0 amide bonds. The Kier molecular flexibility index (Phi) is 4.42. The SMILES string of the molecule is COc1cc(CCc2ccc(O)c(O)c2)cc(O)c1OC. The third-order valence-corrected chi connectivity index (χ3v) is 3.26. The van der Waals surface area contributed by atoms with Gasteiger partial charge in [-0.25, -0.2) is 0 Å². The van der Waals surface area contributed by atoms with Gasteiger partial charge in [0.15, 0.2) is 23.0 Å². The van der Waals surface area contributed by atoms with Crippen LogP contribution in [-0.2, 0) is 12.8 Å². The number of hydrogen-bond donors (Lipinski definition) is 3. The van der Waals surface area contributed by atoms with Crippen molar-refractivity contribution in [1.29, 1.82) is 0 Å². The van der Waals surface area contributed by atoms with Gasteiger partial charge >= 0.3 is 0 Å². The zero-order valence-corrected chi connectivity index (χ0v) is 12.0. The number of rotatable bonds is 5. The molecule has 2 rings (SSSR count). The summed E-state index contributed by atoms with van der Waals surface area (Å²) in [7, 11) is 2.98. The normalized spacial score (nSPS) is 10.4. The van der Waals surface area contributed by atoms with Gasteiger partial charge in [-0.05, 0) is 48.2 Å². The number of aromatic hydroxyl groups is 3. The molecule has 0 radical (unpaired) electrons. The monoisotopic (exact) mass is 290 g/mol. The van der Waals surface area contributed by atoms with Crippen molar-refractivity contribution in [1.82, 2.24) is 0 Å². The van der Waals surface area contributed by atoms with Gasteiger partial charge in [-0.2, -0.15) is 0 Å². The van der Waals surface area contributed by atoms with Crippen LogP contribution in [-0.4, -0.2) is 29.5 Å². The predicted molar refractivity (Wildman–Crippen MR) is 78.4 cm³/mol. The van der Waals surface area contributed by atoms with Crippen LogP contribution in [0.4, 0.5) is 0 Å². The smallest absolute Gasteiger partial charge is 0.203 e. The third kappa shape index (κ3) is 3.31. The first-order valence-corrected chi connectivity index (χ1v) is 6.50. The molecule has 0 aliphatic carbocycles. The van der Waals surface area contributed by atoms with Crippen molar-refractivity contribution in [2.75, 3.05) is 14.2 Å². The topological polar surface area (TPSA) is 79.2 Å². The van der Waals surface area contributed by atoms with E-state index in [1.165, 1.54) is 26.4 Å². The van der Waals surface area contributed by atoms with E-state index >= 15 is 0 Å². The van der Waals surface area contributed by atoms with Gasteiger partial charge in [0, 0.05) is 0 Å². The van der Waals surface area contributed by atoms with E-state index in [1.54, 1.807) is 18.2 Å². The first-order chi connectivity index (χ1) is 10.0. The lowest BCUT2D eigenvalue weighted by Crippen LogP contribution is -1.96. The number of ether oxygens (including phenoxy) is 2. The van der Waals surface area contributed by atoms with Gasteiger partial charge in [-0.3, -0.25) is 0 Å². The molecular formula is C16H18O5. The zero-order chi connectivity index (χ0) is 15.4. The van der Waals surface area contributed by atoms with Gasteiger partial charge in [0.25, 0.3) is 0 Å². The second-order valence-corrected chi connectivity index (χ2v) is 4.67. The summed E-state index contributed by atoms with van der Waals surface area (Å²) >= 11 is 0. The molecular weight excluding hydrogens is 272 g/mol. The number of benzene rings is 2.